The molecule has 0 radical (unpaired) electrons. The molecule has 1 atom stereocenters. The van der Waals surface area contributed by atoms with Crippen molar-refractivity contribution < 1.29 is 28.6 Å². The summed E-state index contributed by atoms with van der Waals surface area (Å²) in [4.78, 5) is 37.8. The van der Waals surface area contributed by atoms with Gasteiger partial charge in [0.25, 0.3) is 0 Å². The van der Waals surface area contributed by atoms with Crippen LogP contribution in [0, 0.1) is 17.8 Å². The Kier molecular flexibility index (Phi) is 41.3. The Morgan fingerprint density at radius 2 is 0.509 bits per heavy atom. The molecule has 0 rings (SSSR count). The minimum Gasteiger partial charge on any atom is -0.462 e. The first-order valence-corrected chi connectivity index (χ1v) is 25.1. The van der Waals surface area contributed by atoms with E-state index in [1.165, 1.54) is 154 Å². The van der Waals surface area contributed by atoms with Gasteiger partial charge in [-0.15, -0.1) is 0 Å². The third-order valence-electron chi connectivity index (χ3n) is 11.4. The van der Waals surface area contributed by atoms with Crippen LogP contribution >= 0.6 is 0 Å². The maximum Gasteiger partial charge on any atom is 0.306 e. The number of unbranched alkanes of at least 4 members (excludes halogenated alkanes) is 27. The fourth-order valence-corrected chi connectivity index (χ4v) is 7.59. The van der Waals surface area contributed by atoms with Gasteiger partial charge in [0.05, 0.1) is 0 Å². The van der Waals surface area contributed by atoms with Crippen molar-refractivity contribution in [1.82, 2.24) is 0 Å². The minimum absolute atomic E-state index is 0.0656. The highest BCUT2D eigenvalue weighted by Gasteiger charge is 2.19. The lowest BCUT2D eigenvalue weighted by Crippen LogP contribution is -2.30. The molecule has 0 aromatic carbocycles. The Hall–Kier alpha value is -1.59. The van der Waals surface area contributed by atoms with Crippen LogP contribution in [0.1, 0.15) is 273 Å². The third-order valence-corrected chi connectivity index (χ3v) is 11.4. The van der Waals surface area contributed by atoms with Crippen LogP contribution < -0.4 is 0 Å². The van der Waals surface area contributed by atoms with Crippen LogP contribution in [0.15, 0.2) is 0 Å². The first kappa shape index (κ1) is 55.4. The molecule has 6 heteroatoms. The highest BCUT2D eigenvalue weighted by molar-refractivity contribution is 5.71. The van der Waals surface area contributed by atoms with Crippen LogP contribution in [0.4, 0.5) is 0 Å². The number of rotatable bonds is 44. The monoisotopic (exact) mass is 807 g/mol. The van der Waals surface area contributed by atoms with E-state index in [1.807, 2.05) is 0 Å². The highest BCUT2D eigenvalue weighted by atomic mass is 16.6. The zero-order valence-electron chi connectivity index (χ0n) is 39.1. The molecule has 0 saturated heterocycles. The molecule has 0 amide bonds. The predicted octanol–water partition coefficient (Wildman–Crippen LogP) is 16.0. The average Bonchev–Trinajstić information content (AvgIpc) is 3.16. The summed E-state index contributed by atoms with van der Waals surface area (Å²) in [7, 11) is 0. The van der Waals surface area contributed by atoms with E-state index in [1.54, 1.807) is 0 Å². The second-order valence-corrected chi connectivity index (χ2v) is 18.9. The van der Waals surface area contributed by atoms with Gasteiger partial charge in [0, 0.05) is 19.3 Å². The second kappa shape index (κ2) is 42.5. The van der Waals surface area contributed by atoms with Crippen molar-refractivity contribution in [3.8, 4) is 0 Å². The van der Waals surface area contributed by atoms with E-state index < -0.39 is 6.10 Å². The molecule has 0 saturated carbocycles. The molecule has 0 unspecified atom stereocenters. The normalized spacial score (nSPS) is 12.2. The summed E-state index contributed by atoms with van der Waals surface area (Å²) in [6.07, 6.45) is 41.0. The van der Waals surface area contributed by atoms with Gasteiger partial charge in [0.1, 0.15) is 13.2 Å². The number of carbonyl (C=O) groups is 3. The highest BCUT2D eigenvalue weighted by Crippen LogP contribution is 2.17. The summed E-state index contributed by atoms with van der Waals surface area (Å²) in [5, 5.41) is 0. The van der Waals surface area contributed by atoms with Crippen molar-refractivity contribution >= 4 is 17.9 Å². The van der Waals surface area contributed by atoms with E-state index in [0.717, 1.165) is 75.5 Å². The maximum absolute atomic E-state index is 12.7. The second-order valence-electron chi connectivity index (χ2n) is 18.9. The largest absolute Gasteiger partial charge is 0.462 e. The molecule has 6 nitrogen and oxygen atoms in total. The van der Waals surface area contributed by atoms with Gasteiger partial charge in [0.15, 0.2) is 6.10 Å². The maximum atomic E-state index is 12.7. The SMILES string of the molecule is CC(C)CCCCCCCCCCCCCCCCC(=O)OC[C@H](COC(=O)CCCCCCCCC(C)C)OC(=O)CCCCCCCCCCCCC(C)C. The number of hydrogen-bond donors (Lipinski definition) is 0. The van der Waals surface area contributed by atoms with E-state index >= 15 is 0 Å². The molecular weight excluding hydrogens is 709 g/mol. The molecule has 0 heterocycles. The summed E-state index contributed by atoms with van der Waals surface area (Å²) in [6, 6.07) is 0. The van der Waals surface area contributed by atoms with Crippen LogP contribution in [0.3, 0.4) is 0 Å². The zero-order valence-corrected chi connectivity index (χ0v) is 39.1. The molecule has 0 aliphatic heterocycles. The van der Waals surface area contributed by atoms with Gasteiger partial charge in [0.2, 0.25) is 0 Å². The summed E-state index contributed by atoms with van der Waals surface area (Å²) in [5.41, 5.74) is 0. The van der Waals surface area contributed by atoms with Gasteiger partial charge in [-0.2, -0.15) is 0 Å². The van der Waals surface area contributed by atoms with Crippen molar-refractivity contribution in [2.75, 3.05) is 13.2 Å². The quantitative estimate of drug-likeness (QED) is 0.0347. The lowest BCUT2D eigenvalue weighted by atomic mass is 10.0. The molecule has 0 aliphatic carbocycles. The molecule has 0 N–H and O–H groups in total. The Morgan fingerprint density at radius 1 is 0.298 bits per heavy atom. The van der Waals surface area contributed by atoms with Crippen molar-refractivity contribution in [2.24, 2.45) is 17.8 Å². The summed E-state index contributed by atoms with van der Waals surface area (Å²) < 4.78 is 16.8. The van der Waals surface area contributed by atoms with Gasteiger partial charge in [-0.1, -0.05) is 234 Å². The molecule has 0 bridgehead atoms. The molecule has 0 aromatic rings. The van der Waals surface area contributed by atoms with E-state index in [4.69, 9.17) is 14.2 Å². The van der Waals surface area contributed by atoms with Crippen LogP contribution in [0.5, 0.6) is 0 Å². The Bertz CT molecular complexity index is 883. The summed E-state index contributed by atoms with van der Waals surface area (Å²) >= 11 is 0. The van der Waals surface area contributed by atoms with Crippen molar-refractivity contribution in [3.63, 3.8) is 0 Å². The Labute approximate surface area is 355 Å². The van der Waals surface area contributed by atoms with Crippen molar-refractivity contribution in [2.45, 2.75) is 279 Å². The predicted molar refractivity (Wildman–Crippen MR) is 243 cm³/mol. The van der Waals surface area contributed by atoms with Crippen LogP contribution in [-0.2, 0) is 28.6 Å². The lowest BCUT2D eigenvalue weighted by Gasteiger charge is -2.18. The van der Waals surface area contributed by atoms with E-state index in [0.29, 0.717) is 19.3 Å². The molecule has 57 heavy (non-hydrogen) atoms. The number of carbonyl (C=O) groups excluding carboxylic acids is 3. The van der Waals surface area contributed by atoms with E-state index in [9.17, 15) is 14.4 Å². The number of ether oxygens (including phenoxy) is 3. The van der Waals surface area contributed by atoms with E-state index in [-0.39, 0.29) is 31.1 Å². The standard InChI is InChI=1S/C51H98O6/c1-45(2)37-31-25-19-15-11-9-7-8-10-12-17-21-28-34-40-49(52)55-43-48(44-56-50(53)41-35-29-24-23-27-33-39-47(5)6)57-51(54)42-36-30-22-18-14-13-16-20-26-32-38-46(3)4/h45-48H,7-44H2,1-6H3/t48-/m1/s1. The summed E-state index contributed by atoms with van der Waals surface area (Å²) in [6.45, 7) is 13.6. The third kappa shape index (κ3) is 45.3. The zero-order chi connectivity index (χ0) is 42.0. The molecule has 0 aromatic heterocycles. The first-order valence-electron chi connectivity index (χ1n) is 25.1. The van der Waals surface area contributed by atoms with Crippen LogP contribution in [-0.4, -0.2) is 37.2 Å². The van der Waals surface area contributed by atoms with Crippen molar-refractivity contribution in [1.29, 1.82) is 0 Å². The molecule has 0 fully saturated rings. The van der Waals surface area contributed by atoms with Gasteiger partial charge in [-0.05, 0) is 37.0 Å². The van der Waals surface area contributed by atoms with Gasteiger partial charge >= 0.3 is 17.9 Å². The first-order chi connectivity index (χ1) is 27.6. The van der Waals surface area contributed by atoms with Gasteiger partial charge < -0.3 is 14.2 Å². The van der Waals surface area contributed by atoms with Crippen LogP contribution in [0.25, 0.3) is 0 Å². The Morgan fingerprint density at radius 3 is 0.754 bits per heavy atom. The van der Waals surface area contributed by atoms with E-state index in [2.05, 4.69) is 41.5 Å². The molecule has 338 valence electrons. The fourth-order valence-electron chi connectivity index (χ4n) is 7.59. The fraction of sp³-hybridized carbons (Fsp3) is 0.941. The van der Waals surface area contributed by atoms with Gasteiger partial charge in [-0.25, -0.2) is 0 Å². The Balaban J connectivity index is 4.27. The lowest BCUT2D eigenvalue weighted by molar-refractivity contribution is -0.167. The average molecular weight is 807 g/mol. The molecule has 0 aliphatic rings. The molecule has 0 spiro atoms. The topological polar surface area (TPSA) is 78.9 Å². The molecular formula is C51H98O6. The van der Waals surface area contributed by atoms with Crippen molar-refractivity contribution in [3.05, 3.63) is 0 Å². The smallest absolute Gasteiger partial charge is 0.306 e. The minimum atomic E-state index is -0.762. The van der Waals surface area contributed by atoms with Gasteiger partial charge in [-0.3, -0.25) is 14.4 Å². The number of hydrogen-bond acceptors (Lipinski definition) is 6. The number of esters is 3. The summed E-state index contributed by atoms with van der Waals surface area (Å²) in [5.74, 6) is 1.56. The van der Waals surface area contributed by atoms with Crippen LogP contribution in [0.2, 0.25) is 0 Å².